The van der Waals surface area contributed by atoms with Gasteiger partial charge in [0.05, 0.1) is 64.9 Å². The highest BCUT2D eigenvalue weighted by Gasteiger charge is 2.43. The third-order valence-electron chi connectivity index (χ3n) is 13.3. The number of fused-ring (bicyclic) bond motifs is 1. The molecular weight excluding hydrogens is 1030 g/mol. The van der Waals surface area contributed by atoms with E-state index in [1.807, 2.05) is 43.9 Å². The number of aryl methyl sites for hydroxylation is 2. The first-order valence-corrected chi connectivity index (χ1v) is 26.5. The number of piperazine rings is 1. The SMILES string of the molecule is Cc1cc([C@@H](C(=O)N2C[C@H](O)C[C@H]2C(=O)NCc2ccc(-c3scnc3C)cc2OCCOCCOCCN(C)C(=O)CCNc2nc(N3CCNCC3)c3cc(Cl)c(-c4c(O)cccc4F)c(F)c3n2)C(C)C)on1. The predicted octanol–water partition coefficient (Wildman–Crippen LogP) is 6.46. The van der Waals surface area contributed by atoms with E-state index in [9.17, 15) is 29.0 Å². The number of carbonyl (C=O) groups is 3. The summed E-state index contributed by atoms with van der Waals surface area (Å²) in [6.45, 7) is 11.8. The van der Waals surface area contributed by atoms with Crippen LogP contribution in [0.25, 0.3) is 32.5 Å². The number of likely N-dealkylation sites (tertiary alicyclic amines) is 1. The Morgan fingerprint density at radius 2 is 1.78 bits per heavy atom. The zero-order chi connectivity index (χ0) is 54.0. The van der Waals surface area contributed by atoms with Gasteiger partial charge >= 0.3 is 0 Å². The van der Waals surface area contributed by atoms with Gasteiger partial charge in [-0.3, -0.25) is 14.4 Å². The molecule has 2 aliphatic heterocycles. The maximum absolute atomic E-state index is 16.4. The number of aromatic nitrogens is 4. The minimum Gasteiger partial charge on any atom is -0.507 e. The van der Waals surface area contributed by atoms with Crippen molar-refractivity contribution in [2.45, 2.75) is 65.1 Å². The molecule has 0 bridgehead atoms. The average Bonchev–Trinajstić information content (AvgIpc) is 4.18. The van der Waals surface area contributed by atoms with Gasteiger partial charge in [-0.15, -0.1) is 11.3 Å². The van der Waals surface area contributed by atoms with E-state index < -0.39 is 41.4 Å². The number of phenolic OH excluding ortho intramolecular Hbond substituents is 1. The monoisotopic (exact) mass is 1090 g/mol. The topological polar surface area (TPSA) is 230 Å². The molecule has 3 aromatic carbocycles. The van der Waals surface area contributed by atoms with Crippen molar-refractivity contribution in [2.75, 3.05) is 96.1 Å². The molecule has 2 aliphatic rings. The number of aromatic hydroxyl groups is 1. The quantitative estimate of drug-likeness (QED) is 0.0434. The standard InChI is InChI=1S/C53H63ClF2N10O9S/c1-30(2)44(42-23-31(3)63-75-42)52(71)66-28-35(67)25-39(66)51(70)59-27-34-10-9-33(49-32(4)60-29-76-49)24-41(34)74-22-21-73-20-19-72-18-17-64(5)43(69)11-12-58-53-61-48-36(50(62-53)65-15-13-57-14-16-65)26-37(54)45(47(48)56)46-38(55)7-6-8-40(46)68/h6-10,23-24,26,29-30,35,39,44,57,67-68H,11-22,25,27-28H2,1-5H3,(H,59,70)(H,58,61,62)/t35-,39+,44+/m1/s1. The highest BCUT2D eigenvalue weighted by Crippen LogP contribution is 2.43. The first kappa shape index (κ1) is 55.7. The minimum absolute atomic E-state index is 0.0236. The summed E-state index contributed by atoms with van der Waals surface area (Å²) >= 11 is 8.07. The van der Waals surface area contributed by atoms with Crippen molar-refractivity contribution >= 4 is 63.3 Å². The number of β-amino-alcohol motifs (C(OH)–C–C–N with tert-alkyl or cyclic N) is 1. The molecule has 2 fully saturated rings. The molecule has 2 saturated heterocycles. The largest absolute Gasteiger partial charge is 0.507 e. The van der Waals surface area contributed by atoms with Gasteiger partial charge < -0.3 is 59.6 Å². The van der Waals surface area contributed by atoms with Gasteiger partial charge in [0, 0.05) is 94.8 Å². The van der Waals surface area contributed by atoms with E-state index in [1.54, 1.807) is 25.5 Å². The van der Waals surface area contributed by atoms with Crippen LogP contribution in [0.2, 0.25) is 5.02 Å². The number of rotatable bonds is 23. The molecule has 0 radical (unpaired) electrons. The summed E-state index contributed by atoms with van der Waals surface area (Å²) in [6.07, 6.45) is -0.697. The highest BCUT2D eigenvalue weighted by molar-refractivity contribution is 7.13. The molecule has 5 heterocycles. The molecule has 6 aromatic rings. The molecule has 0 saturated carbocycles. The Morgan fingerprint density at radius 3 is 2.49 bits per heavy atom. The molecule has 3 amide bonds. The van der Waals surface area contributed by atoms with E-state index in [0.717, 1.165) is 22.2 Å². The van der Waals surface area contributed by atoms with Crippen molar-refractivity contribution in [3.63, 3.8) is 0 Å². The van der Waals surface area contributed by atoms with Gasteiger partial charge in [-0.2, -0.15) is 4.98 Å². The lowest BCUT2D eigenvalue weighted by Crippen LogP contribution is -2.48. The number of amides is 3. The number of benzene rings is 3. The lowest BCUT2D eigenvalue weighted by Gasteiger charge is -2.29. The average molecular weight is 1090 g/mol. The normalized spacial score (nSPS) is 16.1. The van der Waals surface area contributed by atoms with Crippen LogP contribution in [0, 0.1) is 31.4 Å². The Morgan fingerprint density at radius 1 is 1.01 bits per heavy atom. The smallest absolute Gasteiger partial charge is 0.243 e. The summed E-state index contributed by atoms with van der Waals surface area (Å²) in [6, 6.07) is 11.7. The van der Waals surface area contributed by atoms with Crippen molar-refractivity contribution in [3.05, 3.63) is 93.4 Å². The van der Waals surface area contributed by atoms with Crippen LogP contribution in [0.3, 0.4) is 0 Å². The summed E-state index contributed by atoms with van der Waals surface area (Å²) in [7, 11) is 1.66. The van der Waals surface area contributed by atoms with Gasteiger partial charge in [0.15, 0.2) is 5.82 Å². The maximum atomic E-state index is 16.4. The third-order valence-corrected chi connectivity index (χ3v) is 14.6. The van der Waals surface area contributed by atoms with Gasteiger partial charge in [0.2, 0.25) is 23.7 Å². The summed E-state index contributed by atoms with van der Waals surface area (Å²) in [5.41, 5.74) is 4.08. The number of hydrogen-bond acceptors (Lipinski definition) is 17. The molecule has 76 heavy (non-hydrogen) atoms. The lowest BCUT2D eigenvalue weighted by atomic mass is 9.91. The molecule has 19 nitrogen and oxygen atoms in total. The van der Waals surface area contributed by atoms with Crippen LogP contribution in [-0.4, -0.2) is 156 Å². The number of nitrogens with one attached hydrogen (secondary N) is 3. The zero-order valence-corrected chi connectivity index (χ0v) is 44.6. The van der Waals surface area contributed by atoms with E-state index in [0.29, 0.717) is 66.7 Å². The first-order chi connectivity index (χ1) is 36.6. The lowest BCUT2D eigenvalue weighted by molar-refractivity contribution is -0.141. The van der Waals surface area contributed by atoms with Crippen LogP contribution in [-0.2, 0) is 30.4 Å². The summed E-state index contributed by atoms with van der Waals surface area (Å²) < 4.78 is 54.6. The molecule has 5 N–H and O–H groups in total. The highest BCUT2D eigenvalue weighted by atomic mass is 35.5. The van der Waals surface area contributed by atoms with Crippen molar-refractivity contribution in [2.24, 2.45) is 5.92 Å². The predicted molar refractivity (Wildman–Crippen MR) is 284 cm³/mol. The van der Waals surface area contributed by atoms with E-state index in [-0.39, 0.29) is 111 Å². The second-order valence-corrected chi connectivity index (χ2v) is 20.3. The minimum atomic E-state index is -0.917. The summed E-state index contributed by atoms with van der Waals surface area (Å²) in [5, 5.41) is 34.6. The Balaban J connectivity index is 0.794. The number of aliphatic hydroxyl groups is 1. The van der Waals surface area contributed by atoms with Crippen molar-refractivity contribution < 1.29 is 52.1 Å². The van der Waals surface area contributed by atoms with Gasteiger partial charge in [-0.1, -0.05) is 48.8 Å². The van der Waals surface area contributed by atoms with E-state index in [1.165, 1.54) is 39.3 Å². The first-order valence-electron chi connectivity index (χ1n) is 25.2. The number of carbonyl (C=O) groups excluding carboxylic acids is 3. The molecule has 0 aliphatic carbocycles. The Kier molecular flexibility index (Phi) is 18.7. The van der Waals surface area contributed by atoms with Crippen LogP contribution in [0.15, 0.2) is 58.6 Å². The van der Waals surface area contributed by atoms with Crippen LogP contribution in [0.5, 0.6) is 11.5 Å². The molecule has 0 spiro atoms. The van der Waals surface area contributed by atoms with Crippen LogP contribution in [0.1, 0.15) is 55.3 Å². The van der Waals surface area contributed by atoms with E-state index in [2.05, 4.69) is 31.1 Å². The zero-order valence-electron chi connectivity index (χ0n) is 43.0. The number of nitrogens with zero attached hydrogens (tertiary/aromatic N) is 7. The number of halogens is 3. The van der Waals surface area contributed by atoms with Crippen LogP contribution in [0.4, 0.5) is 20.5 Å². The number of phenols is 1. The Labute approximate surface area is 447 Å². The number of aliphatic hydroxyl groups excluding tert-OH is 1. The van der Waals surface area contributed by atoms with Crippen LogP contribution < -0.4 is 25.6 Å². The fraction of sp³-hybridized carbons (Fsp3) is 0.453. The van der Waals surface area contributed by atoms with Gasteiger partial charge in [-0.05, 0) is 49.6 Å². The van der Waals surface area contributed by atoms with E-state index >= 15 is 4.39 Å². The summed E-state index contributed by atoms with van der Waals surface area (Å²) in [5.74, 6) is -2.48. The van der Waals surface area contributed by atoms with E-state index in [4.69, 9.17) is 35.3 Å². The molecule has 0 unspecified atom stereocenters. The molecule has 23 heteroatoms. The molecule has 406 valence electrons. The summed E-state index contributed by atoms with van der Waals surface area (Å²) in [4.78, 5) is 60.3. The van der Waals surface area contributed by atoms with Crippen molar-refractivity contribution in [1.29, 1.82) is 0 Å². The Hall–Kier alpha value is -6.56. The molecule has 3 atom stereocenters. The third kappa shape index (κ3) is 13.2. The van der Waals surface area contributed by atoms with Gasteiger partial charge in [-0.25, -0.2) is 18.7 Å². The number of thiazole rings is 1. The van der Waals surface area contributed by atoms with Crippen LogP contribution >= 0.6 is 22.9 Å². The van der Waals surface area contributed by atoms with Crippen molar-refractivity contribution in [1.82, 2.24) is 40.5 Å². The molecule has 3 aromatic heterocycles. The maximum Gasteiger partial charge on any atom is 0.243 e. The van der Waals surface area contributed by atoms with Gasteiger partial charge in [0.1, 0.15) is 53.0 Å². The number of anilines is 2. The fourth-order valence-electron chi connectivity index (χ4n) is 9.30. The fourth-order valence-corrected chi connectivity index (χ4v) is 10.4. The Bertz CT molecular complexity index is 2990. The van der Waals surface area contributed by atoms with Crippen molar-refractivity contribution in [3.8, 4) is 33.1 Å². The number of likely N-dealkylation sites (N-methyl/N-ethyl adjacent to an activating group) is 1. The second kappa shape index (κ2) is 25.5. The number of hydrogen-bond donors (Lipinski definition) is 5. The van der Waals surface area contributed by atoms with Gasteiger partial charge in [0.25, 0.3) is 0 Å². The molecule has 8 rings (SSSR count). The molecular formula is C53H63ClF2N10O9S. The second-order valence-electron chi connectivity index (χ2n) is 19.0. The number of ether oxygens (including phenoxy) is 3.